The second kappa shape index (κ2) is 18.6. The van der Waals surface area contributed by atoms with Gasteiger partial charge in [0.15, 0.2) is 0 Å². The number of pyridine rings is 1. The zero-order valence-electron chi connectivity index (χ0n) is 42.0. The summed E-state index contributed by atoms with van der Waals surface area (Å²) >= 11 is 0. The fourth-order valence-corrected chi connectivity index (χ4v) is 10.3. The summed E-state index contributed by atoms with van der Waals surface area (Å²) in [5.41, 5.74) is 15.9. The quantitative estimate of drug-likeness (QED) is 0.122. The molecule has 0 N–H and O–H groups in total. The SMILES string of the molecule is CC(C)c1ccc(-c2cc(Oc3ccc4c5ccccc5n(-c5ccccn5)c4c3)cc(N3CN(c4c(C(C)C)cc(-c5ccc(F)cc5F)cc4C(C)C)c4cc(C(C)C)ccc43)c2)c(C(C)C)c1. The number of hydrogen-bond donors (Lipinski definition) is 0. The Kier molecular flexibility index (Phi) is 12.3. The van der Waals surface area contributed by atoms with E-state index in [-0.39, 0.29) is 17.8 Å². The molecule has 0 unspecified atom stereocenters. The molecule has 70 heavy (non-hydrogen) atoms. The maximum Gasteiger partial charge on any atom is 0.137 e. The molecule has 0 radical (unpaired) electrons. The molecule has 7 heteroatoms. The van der Waals surface area contributed by atoms with Gasteiger partial charge in [0.2, 0.25) is 0 Å². The van der Waals surface area contributed by atoms with Gasteiger partial charge in [0, 0.05) is 52.1 Å². The first-order valence-corrected chi connectivity index (χ1v) is 24.9. The van der Waals surface area contributed by atoms with Crippen molar-refractivity contribution < 1.29 is 13.5 Å². The lowest BCUT2D eigenvalue weighted by molar-refractivity contribution is 0.483. The van der Waals surface area contributed by atoms with Crippen LogP contribution < -0.4 is 14.5 Å². The Balaban J connectivity index is 1.16. The molecule has 10 rings (SSSR count). The molecular formula is C63H62F2N4O. The molecule has 0 fully saturated rings. The minimum absolute atomic E-state index is 0.0991. The van der Waals surface area contributed by atoms with Gasteiger partial charge in [0.05, 0.1) is 22.4 Å². The van der Waals surface area contributed by atoms with Crippen LogP contribution in [0.4, 0.5) is 31.5 Å². The number of fused-ring (bicyclic) bond motifs is 4. The number of hydrogen-bond acceptors (Lipinski definition) is 4. The zero-order valence-corrected chi connectivity index (χ0v) is 42.0. The first-order chi connectivity index (χ1) is 33.6. The van der Waals surface area contributed by atoms with Gasteiger partial charge in [-0.2, -0.15) is 0 Å². The Morgan fingerprint density at radius 3 is 1.83 bits per heavy atom. The Morgan fingerprint density at radius 1 is 0.486 bits per heavy atom. The maximum absolute atomic E-state index is 15.5. The van der Waals surface area contributed by atoms with Gasteiger partial charge >= 0.3 is 0 Å². The molecule has 0 bridgehead atoms. The normalized spacial score (nSPS) is 12.8. The average Bonchev–Trinajstić information content (AvgIpc) is 3.89. The largest absolute Gasteiger partial charge is 0.457 e. The summed E-state index contributed by atoms with van der Waals surface area (Å²) in [5.74, 6) is 2.32. The van der Waals surface area contributed by atoms with Gasteiger partial charge in [-0.25, -0.2) is 13.8 Å². The number of benzene rings is 7. The third-order valence-electron chi connectivity index (χ3n) is 14.1. The fraction of sp³-hybridized carbons (Fsp3) is 0.254. The van der Waals surface area contributed by atoms with E-state index in [1.165, 1.54) is 28.3 Å². The summed E-state index contributed by atoms with van der Waals surface area (Å²) in [7, 11) is 0. The highest BCUT2D eigenvalue weighted by molar-refractivity contribution is 6.09. The third kappa shape index (κ3) is 8.50. The predicted octanol–water partition coefficient (Wildman–Crippen LogP) is 18.4. The van der Waals surface area contributed by atoms with E-state index in [0.717, 1.165) is 90.2 Å². The number of rotatable bonds is 12. The molecule has 354 valence electrons. The van der Waals surface area contributed by atoms with Crippen LogP contribution in [-0.2, 0) is 0 Å². The van der Waals surface area contributed by atoms with E-state index >= 15 is 4.39 Å². The lowest BCUT2D eigenvalue weighted by atomic mass is 9.87. The van der Waals surface area contributed by atoms with Crippen LogP contribution in [0.5, 0.6) is 11.5 Å². The Labute approximate surface area is 412 Å². The Morgan fingerprint density at radius 2 is 1.14 bits per heavy atom. The Hall–Kier alpha value is -7.25. The second-order valence-corrected chi connectivity index (χ2v) is 20.5. The lowest BCUT2D eigenvalue weighted by Gasteiger charge is -2.30. The van der Waals surface area contributed by atoms with Crippen LogP contribution in [0, 0.1) is 11.6 Å². The van der Waals surface area contributed by atoms with E-state index in [1.54, 1.807) is 6.07 Å². The third-order valence-corrected chi connectivity index (χ3v) is 14.1. The minimum Gasteiger partial charge on any atom is -0.457 e. The summed E-state index contributed by atoms with van der Waals surface area (Å²) in [6.45, 7) is 22.8. The molecule has 0 spiro atoms. The van der Waals surface area contributed by atoms with Crippen LogP contribution >= 0.6 is 0 Å². The zero-order chi connectivity index (χ0) is 49.1. The van der Waals surface area contributed by atoms with Gasteiger partial charge in [-0.3, -0.25) is 4.57 Å². The van der Waals surface area contributed by atoms with Crippen LogP contribution in [0.15, 0.2) is 152 Å². The Bertz CT molecular complexity index is 3390. The minimum atomic E-state index is -0.586. The molecule has 0 saturated heterocycles. The molecule has 0 atom stereocenters. The lowest BCUT2D eigenvalue weighted by Crippen LogP contribution is -2.26. The van der Waals surface area contributed by atoms with Gasteiger partial charge in [0.25, 0.3) is 0 Å². The van der Waals surface area contributed by atoms with E-state index in [9.17, 15) is 4.39 Å². The van der Waals surface area contributed by atoms with Crippen molar-refractivity contribution in [3.8, 4) is 39.6 Å². The van der Waals surface area contributed by atoms with Crippen LogP contribution in [-0.4, -0.2) is 16.2 Å². The van der Waals surface area contributed by atoms with E-state index in [0.29, 0.717) is 24.1 Å². The molecule has 5 nitrogen and oxygen atoms in total. The first-order valence-electron chi connectivity index (χ1n) is 24.9. The molecule has 0 amide bonds. The van der Waals surface area contributed by atoms with E-state index in [4.69, 9.17) is 9.72 Å². The highest BCUT2D eigenvalue weighted by atomic mass is 19.1. The molecule has 2 aromatic heterocycles. The molecule has 1 aliphatic rings. The van der Waals surface area contributed by atoms with Crippen molar-refractivity contribution in [2.75, 3.05) is 16.5 Å². The second-order valence-electron chi connectivity index (χ2n) is 20.5. The topological polar surface area (TPSA) is 33.5 Å². The van der Waals surface area contributed by atoms with Crippen LogP contribution in [0.2, 0.25) is 0 Å². The van der Waals surface area contributed by atoms with Gasteiger partial charge < -0.3 is 14.5 Å². The molecular weight excluding hydrogens is 867 g/mol. The summed E-state index contributed by atoms with van der Waals surface area (Å²) < 4.78 is 39.1. The predicted molar refractivity (Wildman–Crippen MR) is 288 cm³/mol. The number of aromatic nitrogens is 2. The number of para-hydroxylation sites is 1. The van der Waals surface area contributed by atoms with Gasteiger partial charge in [-0.05, 0) is 153 Å². The van der Waals surface area contributed by atoms with E-state index in [1.807, 2.05) is 24.4 Å². The number of halogens is 2. The molecule has 1 aliphatic heterocycles. The first kappa shape index (κ1) is 46.5. The van der Waals surface area contributed by atoms with E-state index in [2.05, 4.69) is 193 Å². The molecule has 0 aliphatic carbocycles. The maximum atomic E-state index is 15.5. The summed E-state index contributed by atoms with van der Waals surface area (Å²) in [5, 5.41) is 2.28. The van der Waals surface area contributed by atoms with E-state index < -0.39 is 11.6 Å². The smallest absolute Gasteiger partial charge is 0.137 e. The number of ether oxygens (including phenoxy) is 1. The highest BCUT2D eigenvalue weighted by Gasteiger charge is 2.34. The van der Waals surface area contributed by atoms with Crippen molar-refractivity contribution >= 4 is 44.6 Å². The van der Waals surface area contributed by atoms with Gasteiger partial charge in [-0.1, -0.05) is 118 Å². The molecule has 3 heterocycles. The average molecular weight is 929 g/mol. The van der Waals surface area contributed by atoms with Crippen molar-refractivity contribution in [1.29, 1.82) is 0 Å². The summed E-state index contributed by atoms with van der Waals surface area (Å²) in [4.78, 5) is 9.65. The van der Waals surface area contributed by atoms with Crippen LogP contribution in [0.3, 0.4) is 0 Å². The highest BCUT2D eigenvalue weighted by Crippen LogP contribution is 2.52. The standard InChI is InChI=1S/C63H62F2N4O/c1-37(2)42-18-22-50(54(29-42)39(5)6)44-27-47(34-49(28-44)70-48-21-24-53-52-15-11-12-16-58(52)69(60(53)35-48)62-17-13-14-26-66-62)67-36-68(61-32-43(38(3)4)19-25-59(61)67)63-55(40(7)8)30-45(31-56(63)41(9)10)51-23-20-46(64)33-57(51)65/h11-35,37-41H,36H2,1-10H3. The van der Waals surface area contributed by atoms with Crippen LogP contribution in [0.25, 0.3) is 49.9 Å². The van der Waals surface area contributed by atoms with Crippen molar-refractivity contribution in [1.82, 2.24) is 9.55 Å². The van der Waals surface area contributed by atoms with Crippen molar-refractivity contribution in [3.05, 3.63) is 191 Å². The summed E-state index contributed by atoms with van der Waals surface area (Å²) in [6.07, 6.45) is 1.83. The molecule has 9 aromatic rings. The van der Waals surface area contributed by atoms with Crippen LogP contribution in [0.1, 0.15) is 127 Å². The summed E-state index contributed by atoms with van der Waals surface area (Å²) in [6, 6.07) is 49.4. The number of nitrogens with zero attached hydrogens (tertiary/aromatic N) is 4. The monoisotopic (exact) mass is 928 g/mol. The van der Waals surface area contributed by atoms with Crippen molar-refractivity contribution in [2.45, 2.75) is 98.8 Å². The van der Waals surface area contributed by atoms with Crippen molar-refractivity contribution in [2.24, 2.45) is 0 Å². The number of anilines is 4. The van der Waals surface area contributed by atoms with Gasteiger partial charge in [-0.15, -0.1) is 0 Å². The molecule has 7 aromatic carbocycles. The van der Waals surface area contributed by atoms with Gasteiger partial charge in [0.1, 0.15) is 35.6 Å². The van der Waals surface area contributed by atoms with Crippen molar-refractivity contribution in [3.63, 3.8) is 0 Å². The molecule has 0 saturated carbocycles. The fourth-order valence-electron chi connectivity index (χ4n) is 10.3.